The van der Waals surface area contributed by atoms with Crippen molar-refractivity contribution >= 4 is 23.6 Å². The topological polar surface area (TPSA) is 115 Å². The van der Waals surface area contributed by atoms with Gasteiger partial charge in [-0.25, -0.2) is 4.79 Å². The molecule has 1 atom stereocenters. The Morgan fingerprint density at radius 1 is 0.941 bits per heavy atom. The van der Waals surface area contributed by atoms with E-state index in [0.29, 0.717) is 16.8 Å². The van der Waals surface area contributed by atoms with E-state index < -0.39 is 36.3 Å². The fraction of sp³-hybridized carbons (Fsp3) is 0.231. The summed E-state index contributed by atoms with van der Waals surface area (Å²) in [6.45, 7) is 4.29. The number of H-pyrrole nitrogens is 1. The summed E-state index contributed by atoms with van der Waals surface area (Å²) in [4.78, 5) is 52.1. The lowest BCUT2D eigenvalue weighted by atomic mass is 10.0. The molecule has 2 aromatic carbocycles. The van der Waals surface area contributed by atoms with Gasteiger partial charge in [0, 0.05) is 11.3 Å². The summed E-state index contributed by atoms with van der Waals surface area (Å²) in [7, 11) is 1.26. The van der Waals surface area contributed by atoms with Gasteiger partial charge in [-0.2, -0.15) is 0 Å². The van der Waals surface area contributed by atoms with Gasteiger partial charge in [-0.1, -0.05) is 42.5 Å². The van der Waals surface area contributed by atoms with E-state index in [9.17, 15) is 19.2 Å². The summed E-state index contributed by atoms with van der Waals surface area (Å²) in [5.74, 6) is -2.25. The second-order valence-electron chi connectivity index (χ2n) is 7.74. The van der Waals surface area contributed by atoms with E-state index in [1.54, 1.807) is 26.0 Å². The molecule has 0 radical (unpaired) electrons. The number of methoxy groups -OCH3 is 1. The Morgan fingerprint density at radius 2 is 1.56 bits per heavy atom. The molecule has 2 N–H and O–H groups in total. The molecule has 0 aliphatic heterocycles. The summed E-state index contributed by atoms with van der Waals surface area (Å²) in [5.41, 5.74) is 3.73. The number of hydrogen-bond donors (Lipinski definition) is 2. The first-order chi connectivity index (χ1) is 16.2. The largest absolute Gasteiger partial charge is 0.465 e. The van der Waals surface area contributed by atoms with Gasteiger partial charge in [-0.3, -0.25) is 14.4 Å². The van der Waals surface area contributed by atoms with Crippen LogP contribution in [0, 0.1) is 13.8 Å². The molecule has 176 valence electrons. The average Bonchev–Trinajstić information content (AvgIpc) is 3.15. The van der Waals surface area contributed by atoms with Crippen LogP contribution in [0.3, 0.4) is 0 Å². The van der Waals surface area contributed by atoms with E-state index in [0.717, 1.165) is 11.1 Å². The van der Waals surface area contributed by atoms with Crippen LogP contribution in [0.15, 0.2) is 54.6 Å². The Balaban J connectivity index is 1.56. The van der Waals surface area contributed by atoms with E-state index >= 15 is 0 Å². The molecule has 8 heteroatoms. The average molecular weight is 463 g/mol. The van der Waals surface area contributed by atoms with Crippen LogP contribution in [-0.2, 0) is 14.3 Å². The van der Waals surface area contributed by atoms with Gasteiger partial charge in [-0.15, -0.1) is 0 Å². The minimum absolute atomic E-state index is 0.167. The van der Waals surface area contributed by atoms with Gasteiger partial charge in [0.2, 0.25) is 5.78 Å². The quantitative estimate of drug-likeness (QED) is 0.390. The number of carbonyl (C=O) groups excluding carboxylic acids is 4. The molecule has 0 saturated heterocycles. The van der Waals surface area contributed by atoms with Crippen molar-refractivity contribution in [2.75, 3.05) is 13.7 Å². The van der Waals surface area contributed by atoms with E-state index in [1.807, 2.05) is 42.5 Å². The highest BCUT2D eigenvalue weighted by molar-refractivity contribution is 6.04. The van der Waals surface area contributed by atoms with Crippen LogP contribution in [0.5, 0.6) is 0 Å². The first-order valence-corrected chi connectivity index (χ1v) is 10.7. The molecule has 8 nitrogen and oxygen atoms in total. The maximum absolute atomic E-state index is 12.7. The Morgan fingerprint density at radius 3 is 2.18 bits per heavy atom. The fourth-order valence-electron chi connectivity index (χ4n) is 3.60. The molecule has 1 aromatic heterocycles. The summed E-state index contributed by atoms with van der Waals surface area (Å²) in [6, 6.07) is 16.7. The van der Waals surface area contributed by atoms with Crippen LogP contribution in [0.25, 0.3) is 11.1 Å². The van der Waals surface area contributed by atoms with Crippen molar-refractivity contribution in [3.63, 3.8) is 0 Å². The van der Waals surface area contributed by atoms with Crippen molar-refractivity contribution in [2.45, 2.75) is 26.9 Å². The van der Waals surface area contributed by atoms with Gasteiger partial charge in [0.15, 0.2) is 6.10 Å². The Hall–Kier alpha value is -4.20. The highest BCUT2D eigenvalue weighted by atomic mass is 16.5. The Bertz CT molecular complexity index is 1210. The zero-order valence-electron chi connectivity index (χ0n) is 19.4. The fourth-order valence-corrected chi connectivity index (χ4v) is 3.60. The molecule has 0 fully saturated rings. The number of Topliss-reactive ketones (excluding diaryl/α,β-unsaturated/α-hetero) is 1. The van der Waals surface area contributed by atoms with Crippen LogP contribution in [0.4, 0.5) is 0 Å². The second kappa shape index (κ2) is 10.6. The standard InChI is InChI=1S/C26H26N2O6/c1-15-22(26(32)33-4)16(2)28-23(15)24(30)17(3)34-21(29)14-27-25(31)20-12-10-19(11-13-20)18-8-6-5-7-9-18/h5-13,17,28H,14H2,1-4H3,(H,27,31). The maximum Gasteiger partial charge on any atom is 0.339 e. The third kappa shape index (κ3) is 5.40. The van der Waals surface area contributed by atoms with Crippen molar-refractivity contribution in [1.82, 2.24) is 10.3 Å². The number of aryl methyl sites for hydroxylation is 1. The lowest BCUT2D eigenvalue weighted by Gasteiger charge is -2.13. The highest BCUT2D eigenvalue weighted by Gasteiger charge is 2.27. The number of aromatic nitrogens is 1. The zero-order chi connectivity index (χ0) is 24.8. The Labute approximate surface area is 197 Å². The number of amides is 1. The zero-order valence-corrected chi connectivity index (χ0v) is 19.4. The molecule has 1 amide bonds. The minimum atomic E-state index is -1.11. The van der Waals surface area contributed by atoms with Gasteiger partial charge in [-0.05, 0) is 49.6 Å². The van der Waals surface area contributed by atoms with Crippen LogP contribution >= 0.6 is 0 Å². The summed E-state index contributed by atoms with van der Waals surface area (Å²) < 4.78 is 9.92. The number of ketones is 1. The lowest BCUT2D eigenvalue weighted by molar-refractivity contribution is -0.145. The number of esters is 2. The first kappa shape index (κ1) is 24.4. The highest BCUT2D eigenvalue weighted by Crippen LogP contribution is 2.21. The molecule has 1 heterocycles. The number of carbonyl (C=O) groups is 4. The van der Waals surface area contributed by atoms with E-state index in [-0.39, 0.29) is 11.3 Å². The number of benzene rings is 2. The molecular weight excluding hydrogens is 436 g/mol. The molecule has 0 aliphatic rings. The summed E-state index contributed by atoms with van der Waals surface area (Å²) in [5, 5.41) is 2.50. The SMILES string of the molecule is COC(=O)c1c(C)[nH]c(C(=O)C(C)OC(=O)CNC(=O)c2ccc(-c3ccccc3)cc2)c1C. The third-order valence-electron chi connectivity index (χ3n) is 5.40. The van der Waals surface area contributed by atoms with E-state index in [2.05, 4.69) is 10.3 Å². The van der Waals surface area contributed by atoms with Gasteiger partial charge in [0.05, 0.1) is 18.4 Å². The molecule has 1 unspecified atom stereocenters. The normalized spacial score (nSPS) is 11.4. The van der Waals surface area contributed by atoms with Crippen LogP contribution in [0.1, 0.15) is 49.4 Å². The van der Waals surface area contributed by atoms with Crippen LogP contribution in [-0.4, -0.2) is 48.4 Å². The van der Waals surface area contributed by atoms with Gasteiger partial charge < -0.3 is 19.8 Å². The van der Waals surface area contributed by atoms with Crippen molar-refractivity contribution in [2.24, 2.45) is 0 Å². The van der Waals surface area contributed by atoms with E-state index in [1.165, 1.54) is 14.0 Å². The number of nitrogens with one attached hydrogen (secondary N) is 2. The molecule has 0 spiro atoms. The van der Waals surface area contributed by atoms with Crippen molar-refractivity contribution in [3.05, 3.63) is 82.7 Å². The summed E-state index contributed by atoms with van der Waals surface area (Å²) >= 11 is 0. The lowest BCUT2D eigenvalue weighted by Crippen LogP contribution is -2.34. The van der Waals surface area contributed by atoms with E-state index in [4.69, 9.17) is 9.47 Å². The smallest absolute Gasteiger partial charge is 0.339 e. The molecular formula is C26H26N2O6. The number of hydrogen-bond acceptors (Lipinski definition) is 6. The van der Waals surface area contributed by atoms with Crippen LogP contribution < -0.4 is 5.32 Å². The number of ether oxygens (including phenoxy) is 2. The second-order valence-corrected chi connectivity index (χ2v) is 7.74. The van der Waals surface area contributed by atoms with Crippen molar-refractivity contribution in [3.8, 4) is 11.1 Å². The minimum Gasteiger partial charge on any atom is -0.465 e. The molecule has 3 aromatic rings. The predicted molar refractivity (Wildman–Crippen MR) is 126 cm³/mol. The molecule has 0 aliphatic carbocycles. The van der Waals surface area contributed by atoms with Gasteiger partial charge in [0.25, 0.3) is 5.91 Å². The van der Waals surface area contributed by atoms with Crippen molar-refractivity contribution < 1.29 is 28.7 Å². The first-order valence-electron chi connectivity index (χ1n) is 10.7. The summed E-state index contributed by atoms with van der Waals surface area (Å²) in [6.07, 6.45) is -1.11. The molecule has 3 rings (SSSR count). The number of aromatic amines is 1. The molecule has 34 heavy (non-hydrogen) atoms. The predicted octanol–water partition coefficient (Wildman–Crippen LogP) is 3.63. The van der Waals surface area contributed by atoms with Gasteiger partial charge >= 0.3 is 11.9 Å². The van der Waals surface area contributed by atoms with Gasteiger partial charge in [0.1, 0.15) is 6.54 Å². The van der Waals surface area contributed by atoms with Crippen molar-refractivity contribution in [1.29, 1.82) is 0 Å². The van der Waals surface area contributed by atoms with Crippen LogP contribution in [0.2, 0.25) is 0 Å². The maximum atomic E-state index is 12.7. The number of rotatable bonds is 8. The monoisotopic (exact) mass is 462 g/mol. The Kier molecular flexibility index (Phi) is 7.63. The molecule has 0 bridgehead atoms. The molecule has 0 saturated carbocycles. The third-order valence-corrected chi connectivity index (χ3v) is 5.40.